The van der Waals surface area contributed by atoms with E-state index in [1.165, 1.54) is 30.3 Å². The third kappa shape index (κ3) is 2.85. The highest BCUT2D eigenvalue weighted by atomic mass is 16.5. The minimum absolute atomic E-state index is 0.0472. The lowest BCUT2D eigenvalue weighted by atomic mass is 10.1. The van der Waals surface area contributed by atoms with Gasteiger partial charge in [0.15, 0.2) is 0 Å². The van der Waals surface area contributed by atoms with Gasteiger partial charge in [0.25, 0.3) is 0 Å². The Kier molecular flexibility index (Phi) is 3.68. The van der Waals surface area contributed by atoms with Crippen LogP contribution in [-0.4, -0.2) is 22.2 Å². The Labute approximate surface area is 131 Å². The monoisotopic (exact) mass is 308 g/mol. The molecule has 0 aliphatic heterocycles. The molecule has 0 aromatic heterocycles. The van der Waals surface area contributed by atoms with Crippen LogP contribution in [0.4, 0.5) is 0 Å². The van der Waals surface area contributed by atoms with Crippen molar-refractivity contribution in [3.63, 3.8) is 0 Å². The molecule has 5 nitrogen and oxygen atoms in total. The maximum atomic E-state index is 11.4. The summed E-state index contributed by atoms with van der Waals surface area (Å²) in [6.45, 7) is 0. The van der Waals surface area contributed by atoms with E-state index in [9.17, 15) is 14.7 Å². The Hall–Kier alpha value is -3.34. The van der Waals surface area contributed by atoms with Crippen LogP contribution in [0.5, 0.6) is 11.5 Å². The second kappa shape index (κ2) is 5.81. The Morgan fingerprint density at radius 3 is 2.13 bits per heavy atom. The molecule has 0 atom stereocenters. The third-order valence-electron chi connectivity index (χ3n) is 3.43. The highest BCUT2D eigenvalue weighted by molar-refractivity contribution is 6.00. The van der Waals surface area contributed by atoms with Crippen LogP contribution in [0.15, 0.2) is 60.7 Å². The Bertz CT molecular complexity index is 897. The molecule has 23 heavy (non-hydrogen) atoms. The molecule has 114 valence electrons. The van der Waals surface area contributed by atoms with Gasteiger partial charge in [-0.2, -0.15) is 0 Å². The van der Waals surface area contributed by atoms with Crippen LogP contribution in [0.25, 0.3) is 10.8 Å². The van der Waals surface area contributed by atoms with E-state index in [0.717, 1.165) is 5.39 Å². The van der Waals surface area contributed by atoms with Gasteiger partial charge in [-0.3, -0.25) is 0 Å². The molecule has 0 aliphatic carbocycles. The lowest BCUT2D eigenvalue weighted by molar-refractivity contribution is 0.0685. The van der Waals surface area contributed by atoms with Crippen molar-refractivity contribution in [1.29, 1.82) is 0 Å². The molecule has 3 rings (SSSR count). The van der Waals surface area contributed by atoms with Crippen LogP contribution in [0, 0.1) is 0 Å². The van der Waals surface area contributed by atoms with Gasteiger partial charge in [-0.25, -0.2) is 9.59 Å². The van der Waals surface area contributed by atoms with Gasteiger partial charge >= 0.3 is 11.9 Å². The number of fused-ring (bicyclic) bond motifs is 1. The lowest BCUT2D eigenvalue weighted by Gasteiger charge is -2.12. The largest absolute Gasteiger partial charge is 0.478 e. The summed E-state index contributed by atoms with van der Waals surface area (Å²) in [5.74, 6) is -1.52. The first kappa shape index (κ1) is 14.6. The van der Waals surface area contributed by atoms with E-state index in [0.29, 0.717) is 11.1 Å². The summed E-state index contributed by atoms with van der Waals surface area (Å²) >= 11 is 0. The molecule has 3 aromatic carbocycles. The highest BCUT2D eigenvalue weighted by Crippen LogP contribution is 2.33. The maximum Gasteiger partial charge on any atom is 0.339 e. The topological polar surface area (TPSA) is 83.8 Å². The van der Waals surface area contributed by atoms with E-state index in [-0.39, 0.29) is 16.9 Å². The van der Waals surface area contributed by atoms with Gasteiger partial charge in [0.1, 0.15) is 17.1 Å². The van der Waals surface area contributed by atoms with E-state index < -0.39 is 11.9 Å². The summed E-state index contributed by atoms with van der Waals surface area (Å²) < 4.78 is 5.75. The molecule has 0 heterocycles. The van der Waals surface area contributed by atoms with Crippen molar-refractivity contribution in [3.05, 3.63) is 71.8 Å². The first-order chi connectivity index (χ1) is 11.1. The van der Waals surface area contributed by atoms with E-state index in [1.807, 2.05) is 12.1 Å². The Morgan fingerprint density at radius 2 is 1.48 bits per heavy atom. The van der Waals surface area contributed by atoms with Gasteiger partial charge < -0.3 is 14.9 Å². The van der Waals surface area contributed by atoms with Crippen molar-refractivity contribution in [2.75, 3.05) is 0 Å². The first-order valence-electron chi connectivity index (χ1n) is 6.82. The predicted octanol–water partition coefficient (Wildman–Crippen LogP) is 4.03. The van der Waals surface area contributed by atoms with Crippen LogP contribution >= 0.6 is 0 Å². The quantitative estimate of drug-likeness (QED) is 0.760. The number of carboxylic acids is 2. The predicted molar refractivity (Wildman–Crippen MR) is 84.4 cm³/mol. The number of carbonyl (C=O) groups is 2. The minimum Gasteiger partial charge on any atom is -0.478 e. The Morgan fingerprint density at radius 1 is 0.783 bits per heavy atom. The molecule has 0 spiro atoms. The van der Waals surface area contributed by atoms with Crippen molar-refractivity contribution in [2.45, 2.75) is 0 Å². The molecule has 0 radical (unpaired) electrons. The average Bonchev–Trinajstić information content (AvgIpc) is 2.55. The van der Waals surface area contributed by atoms with Gasteiger partial charge in [0, 0.05) is 5.39 Å². The number of carboxylic acid groups (broad SMARTS) is 2. The lowest BCUT2D eigenvalue weighted by Crippen LogP contribution is -2.01. The molecule has 2 N–H and O–H groups in total. The van der Waals surface area contributed by atoms with Crippen molar-refractivity contribution in [2.24, 2.45) is 0 Å². The number of ether oxygens (including phenoxy) is 1. The van der Waals surface area contributed by atoms with Crippen LogP contribution < -0.4 is 4.74 Å². The maximum absolute atomic E-state index is 11.4. The normalized spacial score (nSPS) is 10.4. The van der Waals surface area contributed by atoms with Gasteiger partial charge in [-0.05, 0) is 35.7 Å². The minimum atomic E-state index is -1.09. The summed E-state index contributed by atoms with van der Waals surface area (Å²) in [4.78, 5) is 22.3. The zero-order valence-corrected chi connectivity index (χ0v) is 11.9. The average molecular weight is 308 g/mol. The molecule has 3 aromatic rings. The molecule has 0 amide bonds. The zero-order chi connectivity index (χ0) is 16.4. The zero-order valence-electron chi connectivity index (χ0n) is 11.9. The molecule has 0 fully saturated rings. The van der Waals surface area contributed by atoms with Gasteiger partial charge in [0.2, 0.25) is 0 Å². The molecular weight excluding hydrogens is 296 g/mol. The van der Waals surface area contributed by atoms with Crippen molar-refractivity contribution in [1.82, 2.24) is 0 Å². The fourth-order valence-electron chi connectivity index (χ4n) is 2.30. The number of hydrogen-bond donors (Lipinski definition) is 2. The van der Waals surface area contributed by atoms with Gasteiger partial charge in [-0.15, -0.1) is 0 Å². The fourth-order valence-corrected chi connectivity index (χ4v) is 2.30. The van der Waals surface area contributed by atoms with Crippen LogP contribution in [0.2, 0.25) is 0 Å². The van der Waals surface area contributed by atoms with E-state index >= 15 is 0 Å². The van der Waals surface area contributed by atoms with Crippen molar-refractivity contribution in [3.8, 4) is 11.5 Å². The molecule has 0 bridgehead atoms. The van der Waals surface area contributed by atoms with Gasteiger partial charge in [0.05, 0.1) is 5.56 Å². The smallest absolute Gasteiger partial charge is 0.339 e. The fraction of sp³-hybridized carbons (Fsp3) is 0. The van der Waals surface area contributed by atoms with E-state index in [1.54, 1.807) is 18.2 Å². The molecule has 0 saturated heterocycles. The second-order valence-electron chi connectivity index (χ2n) is 4.90. The standard InChI is InChI=1S/C18H12O5/c19-17(20)12-5-8-13(9-6-12)23-16-14-4-2-1-3-11(14)7-10-15(16)18(21)22/h1-10H,(H,19,20)(H,21,22). The Balaban J connectivity index is 2.09. The summed E-state index contributed by atoms with van der Waals surface area (Å²) in [7, 11) is 0. The summed E-state index contributed by atoms with van der Waals surface area (Å²) in [5, 5.41) is 19.8. The number of benzene rings is 3. The number of aromatic carboxylic acids is 2. The summed E-state index contributed by atoms with van der Waals surface area (Å²) in [6.07, 6.45) is 0. The van der Waals surface area contributed by atoms with Crippen LogP contribution in [0.3, 0.4) is 0 Å². The highest BCUT2D eigenvalue weighted by Gasteiger charge is 2.15. The molecule has 0 aliphatic rings. The SMILES string of the molecule is O=C(O)c1ccc(Oc2c(C(=O)O)ccc3ccccc23)cc1. The summed E-state index contributed by atoms with van der Waals surface area (Å²) in [5.41, 5.74) is 0.180. The molecule has 5 heteroatoms. The van der Waals surface area contributed by atoms with Crippen molar-refractivity contribution < 1.29 is 24.5 Å². The second-order valence-corrected chi connectivity index (χ2v) is 4.90. The van der Waals surface area contributed by atoms with Crippen LogP contribution in [0.1, 0.15) is 20.7 Å². The van der Waals surface area contributed by atoms with E-state index in [2.05, 4.69) is 0 Å². The molecule has 0 unspecified atom stereocenters. The third-order valence-corrected chi connectivity index (χ3v) is 3.43. The van der Waals surface area contributed by atoms with Crippen molar-refractivity contribution >= 4 is 22.7 Å². The van der Waals surface area contributed by atoms with Gasteiger partial charge in [-0.1, -0.05) is 30.3 Å². The number of hydrogen-bond acceptors (Lipinski definition) is 3. The van der Waals surface area contributed by atoms with Crippen LogP contribution in [-0.2, 0) is 0 Å². The number of rotatable bonds is 4. The van der Waals surface area contributed by atoms with E-state index in [4.69, 9.17) is 9.84 Å². The first-order valence-corrected chi connectivity index (χ1v) is 6.82. The molecular formula is C18H12O5. The summed E-state index contributed by atoms with van der Waals surface area (Å²) in [6, 6.07) is 16.3. The molecule has 0 saturated carbocycles.